The predicted molar refractivity (Wildman–Crippen MR) is 136 cm³/mol. The summed E-state index contributed by atoms with van der Waals surface area (Å²) in [5.74, 6) is 1.28. The second-order valence-electron chi connectivity index (χ2n) is 8.75. The molecule has 1 aliphatic carbocycles. The summed E-state index contributed by atoms with van der Waals surface area (Å²) in [6.45, 7) is 4.31. The zero-order valence-electron chi connectivity index (χ0n) is 19.2. The van der Waals surface area contributed by atoms with Gasteiger partial charge in [0.1, 0.15) is 29.9 Å². The van der Waals surface area contributed by atoms with Crippen molar-refractivity contribution < 1.29 is 18.8 Å². The molecule has 0 bridgehead atoms. The third kappa shape index (κ3) is 4.66. The molecule has 178 valence electrons. The third-order valence-electron chi connectivity index (χ3n) is 6.09. The van der Waals surface area contributed by atoms with Gasteiger partial charge in [0, 0.05) is 17.6 Å². The van der Waals surface area contributed by atoms with Gasteiger partial charge in [-0.05, 0) is 41.5 Å². The minimum atomic E-state index is -0.297. The summed E-state index contributed by atoms with van der Waals surface area (Å²) >= 11 is 12.9. The Kier molecular flexibility index (Phi) is 6.54. The fraction of sp³-hybridized carbons (Fsp3) is 0.214. The zero-order valence-corrected chi connectivity index (χ0v) is 20.7. The van der Waals surface area contributed by atoms with Crippen molar-refractivity contribution in [2.45, 2.75) is 32.5 Å². The van der Waals surface area contributed by atoms with Crippen LogP contribution >= 0.6 is 23.2 Å². The number of allylic oxidation sites excluding steroid dienone is 3. The summed E-state index contributed by atoms with van der Waals surface area (Å²) in [7, 11) is 0. The van der Waals surface area contributed by atoms with Gasteiger partial charge < -0.3 is 14.0 Å². The normalized spacial score (nSPS) is 18.9. The Morgan fingerprint density at radius 2 is 1.80 bits per heavy atom. The number of rotatable bonds is 6. The highest BCUT2D eigenvalue weighted by Crippen LogP contribution is 2.39. The highest BCUT2D eigenvalue weighted by molar-refractivity contribution is 6.39. The van der Waals surface area contributed by atoms with Crippen LogP contribution in [0.15, 0.2) is 77.6 Å². The van der Waals surface area contributed by atoms with E-state index in [0.29, 0.717) is 27.1 Å². The second-order valence-corrected chi connectivity index (χ2v) is 9.57. The summed E-state index contributed by atoms with van der Waals surface area (Å²) in [5.41, 5.74) is 3.99. The highest BCUT2D eigenvalue weighted by atomic mass is 35.5. The van der Waals surface area contributed by atoms with E-state index in [2.05, 4.69) is 5.16 Å². The Labute approximate surface area is 213 Å². The number of benzene rings is 2. The fourth-order valence-corrected chi connectivity index (χ4v) is 4.85. The Bertz CT molecular complexity index is 1330. The molecule has 0 N–H and O–H groups in total. The lowest BCUT2D eigenvalue weighted by atomic mass is 9.86. The molecule has 35 heavy (non-hydrogen) atoms. The van der Waals surface area contributed by atoms with Crippen LogP contribution in [0.4, 0.5) is 0 Å². The van der Waals surface area contributed by atoms with E-state index in [0.717, 1.165) is 22.5 Å². The van der Waals surface area contributed by atoms with E-state index in [1.165, 1.54) is 12.3 Å². The highest BCUT2D eigenvalue weighted by Gasteiger charge is 2.30. The SMILES string of the molecule is CC(C)c1onc(-c2c(Cl)cccc2Cl)c1COc1ccc(C2=CC3C(=O)C=COC3C=C2)cc1. The van der Waals surface area contributed by atoms with E-state index >= 15 is 0 Å². The molecular formula is C28H23Cl2NO4. The van der Waals surface area contributed by atoms with Crippen molar-refractivity contribution in [3.63, 3.8) is 0 Å². The smallest absolute Gasteiger partial charge is 0.169 e. The molecule has 1 aliphatic heterocycles. The quantitative estimate of drug-likeness (QED) is 0.347. The van der Waals surface area contributed by atoms with Crippen molar-refractivity contribution in [3.05, 3.63) is 100.0 Å². The maximum Gasteiger partial charge on any atom is 0.169 e. The van der Waals surface area contributed by atoms with Crippen LogP contribution < -0.4 is 4.74 Å². The molecule has 2 unspecified atom stereocenters. The third-order valence-corrected chi connectivity index (χ3v) is 6.72. The summed E-state index contributed by atoms with van der Waals surface area (Å²) in [6.07, 6.45) is 8.56. The van der Waals surface area contributed by atoms with Crippen molar-refractivity contribution >= 4 is 34.6 Å². The Morgan fingerprint density at radius 1 is 1.06 bits per heavy atom. The average molecular weight is 508 g/mol. The molecule has 0 amide bonds. The molecule has 0 saturated carbocycles. The molecule has 5 rings (SSSR count). The summed E-state index contributed by atoms with van der Waals surface area (Å²) in [5, 5.41) is 5.27. The molecule has 0 fully saturated rings. The van der Waals surface area contributed by atoms with Gasteiger partial charge in [-0.25, -0.2) is 0 Å². The molecule has 5 nitrogen and oxygen atoms in total. The maximum absolute atomic E-state index is 12.2. The van der Waals surface area contributed by atoms with Crippen molar-refractivity contribution in [2.75, 3.05) is 0 Å². The summed E-state index contributed by atoms with van der Waals surface area (Å²) in [4.78, 5) is 12.2. The van der Waals surface area contributed by atoms with Crippen molar-refractivity contribution in [1.82, 2.24) is 5.16 Å². The molecule has 2 heterocycles. The van der Waals surface area contributed by atoms with E-state index in [1.807, 2.05) is 56.3 Å². The fourth-order valence-electron chi connectivity index (χ4n) is 4.27. The first-order valence-electron chi connectivity index (χ1n) is 11.3. The van der Waals surface area contributed by atoms with Crippen molar-refractivity contribution in [1.29, 1.82) is 0 Å². The van der Waals surface area contributed by atoms with Crippen LogP contribution in [0.25, 0.3) is 16.8 Å². The Hall–Kier alpha value is -3.28. The van der Waals surface area contributed by atoms with Gasteiger partial charge in [-0.3, -0.25) is 4.79 Å². The number of carbonyl (C=O) groups excluding carboxylic acids is 1. The van der Waals surface area contributed by atoms with E-state index in [9.17, 15) is 4.79 Å². The Morgan fingerprint density at radius 3 is 2.51 bits per heavy atom. The van der Waals surface area contributed by atoms with Gasteiger partial charge in [0.05, 0.1) is 27.8 Å². The first kappa shape index (κ1) is 23.5. The van der Waals surface area contributed by atoms with Crippen LogP contribution in [-0.4, -0.2) is 17.0 Å². The van der Waals surface area contributed by atoms with Crippen LogP contribution in [-0.2, 0) is 16.1 Å². The van der Waals surface area contributed by atoms with Gasteiger partial charge in [-0.1, -0.05) is 72.6 Å². The van der Waals surface area contributed by atoms with Gasteiger partial charge >= 0.3 is 0 Å². The molecule has 2 aliphatic rings. The van der Waals surface area contributed by atoms with Gasteiger partial charge in [0.25, 0.3) is 0 Å². The molecule has 2 atom stereocenters. The largest absolute Gasteiger partial charge is 0.493 e. The minimum absolute atomic E-state index is 0.0483. The number of nitrogens with zero attached hydrogens (tertiary/aromatic N) is 1. The lowest BCUT2D eigenvalue weighted by molar-refractivity contribution is -0.120. The van der Waals surface area contributed by atoms with Crippen LogP contribution in [0.5, 0.6) is 5.75 Å². The molecular weight excluding hydrogens is 485 g/mol. The summed E-state index contributed by atoms with van der Waals surface area (Å²) in [6, 6.07) is 13.1. The molecule has 0 radical (unpaired) electrons. The number of hydrogen-bond donors (Lipinski definition) is 0. The van der Waals surface area contributed by atoms with E-state index in [1.54, 1.807) is 18.2 Å². The topological polar surface area (TPSA) is 61.6 Å². The first-order valence-corrected chi connectivity index (χ1v) is 12.1. The van der Waals surface area contributed by atoms with Crippen molar-refractivity contribution in [2.24, 2.45) is 5.92 Å². The summed E-state index contributed by atoms with van der Waals surface area (Å²) < 4.78 is 17.3. The second kappa shape index (κ2) is 9.76. The minimum Gasteiger partial charge on any atom is -0.493 e. The number of ether oxygens (including phenoxy) is 2. The van der Waals surface area contributed by atoms with Crippen LogP contribution in [0.2, 0.25) is 10.0 Å². The van der Waals surface area contributed by atoms with Crippen molar-refractivity contribution in [3.8, 4) is 17.0 Å². The molecule has 0 saturated heterocycles. The number of halogens is 2. The van der Waals surface area contributed by atoms with E-state index < -0.39 is 0 Å². The number of ketones is 1. The van der Waals surface area contributed by atoms with E-state index in [-0.39, 0.29) is 30.3 Å². The number of hydrogen-bond acceptors (Lipinski definition) is 5. The van der Waals surface area contributed by atoms with Gasteiger partial charge in [-0.2, -0.15) is 0 Å². The first-order chi connectivity index (χ1) is 16.9. The van der Waals surface area contributed by atoms with Gasteiger partial charge in [-0.15, -0.1) is 0 Å². The average Bonchev–Trinajstić information content (AvgIpc) is 3.27. The molecule has 7 heteroatoms. The number of aromatic nitrogens is 1. The van der Waals surface area contributed by atoms with E-state index in [4.69, 9.17) is 37.2 Å². The lowest BCUT2D eigenvalue weighted by Gasteiger charge is -2.26. The predicted octanol–water partition coefficient (Wildman–Crippen LogP) is 7.40. The molecule has 2 aromatic carbocycles. The Balaban J connectivity index is 1.36. The molecule has 1 aromatic heterocycles. The molecule has 0 spiro atoms. The van der Waals surface area contributed by atoms with Gasteiger partial charge in [0.2, 0.25) is 0 Å². The van der Waals surface area contributed by atoms with Crippen LogP contribution in [0, 0.1) is 5.92 Å². The van der Waals surface area contributed by atoms with Crippen LogP contribution in [0.3, 0.4) is 0 Å². The maximum atomic E-state index is 12.2. The van der Waals surface area contributed by atoms with Gasteiger partial charge in [0.15, 0.2) is 5.78 Å². The number of carbonyl (C=O) groups is 1. The standard InChI is InChI=1S/C28H23Cl2NO4/c1-16(2)28-21(27(31-35-28)26-22(29)4-3-5-23(26)30)15-34-19-9-6-17(7-10-19)18-8-11-25-20(14-18)24(32)12-13-33-25/h3-14,16,20,25H,15H2,1-2H3. The number of fused-ring (bicyclic) bond motifs is 1. The van der Waals surface area contributed by atoms with Crippen LogP contribution in [0.1, 0.15) is 36.7 Å². The monoisotopic (exact) mass is 507 g/mol. The molecule has 3 aromatic rings. The zero-order chi connectivity index (χ0) is 24.5. The lowest BCUT2D eigenvalue weighted by Crippen LogP contribution is -2.30.